The smallest absolute Gasteiger partial charge is 0.146 e. The second-order valence-electron chi connectivity index (χ2n) is 6.73. The summed E-state index contributed by atoms with van der Waals surface area (Å²) in [7, 11) is 4.32. The summed E-state index contributed by atoms with van der Waals surface area (Å²) in [6.07, 6.45) is 3.99. The van der Waals surface area contributed by atoms with Crippen molar-refractivity contribution in [3.05, 3.63) is 30.1 Å². The molecule has 0 unspecified atom stereocenters. The minimum atomic E-state index is -0.0738. The Morgan fingerprint density at radius 1 is 1.20 bits per heavy atom. The summed E-state index contributed by atoms with van der Waals surface area (Å²) in [4.78, 5) is 4.58. The molecule has 110 valence electrons. The first-order valence-electron chi connectivity index (χ1n) is 7.79. The largest absolute Gasteiger partial charge is 0.369 e. The Hall–Kier alpha value is -1.09. The average molecular weight is 276 g/mol. The molecule has 1 aromatic carbocycles. The van der Waals surface area contributed by atoms with E-state index in [2.05, 4.69) is 23.9 Å². The number of benzene rings is 1. The summed E-state index contributed by atoms with van der Waals surface area (Å²) in [5, 5.41) is 0. The van der Waals surface area contributed by atoms with E-state index in [0.717, 1.165) is 36.5 Å². The minimum Gasteiger partial charge on any atom is -0.369 e. The van der Waals surface area contributed by atoms with Gasteiger partial charge in [-0.2, -0.15) is 0 Å². The fourth-order valence-electron chi connectivity index (χ4n) is 4.19. The molecule has 2 fully saturated rings. The van der Waals surface area contributed by atoms with E-state index >= 15 is 0 Å². The number of hydrogen-bond acceptors (Lipinski definition) is 2. The lowest BCUT2D eigenvalue weighted by atomic mass is 9.74. The van der Waals surface area contributed by atoms with Crippen molar-refractivity contribution in [1.82, 2.24) is 4.90 Å². The van der Waals surface area contributed by atoms with E-state index in [-0.39, 0.29) is 5.82 Å². The third-order valence-electron chi connectivity index (χ3n) is 5.04. The van der Waals surface area contributed by atoms with Gasteiger partial charge in [0.25, 0.3) is 0 Å². The number of fused-ring (bicyclic) bond motifs is 1. The van der Waals surface area contributed by atoms with Crippen LogP contribution in [0.25, 0.3) is 0 Å². The molecule has 3 rings (SSSR count). The van der Waals surface area contributed by atoms with Gasteiger partial charge in [0.2, 0.25) is 0 Å². The molecule has 3 atom stereocenters. The zero-order valence-corrected chi connectivity index (χ0v) is 12.6. The number of para-hydroxylation sites is 1. The van der Waals surface area contributed by atoms with Gasteiger partial charge in [-0.15, -0.1) is 0 Å². The van der Waals surface area contributed by atoms with Gasteiger partial charge in [-0.1, -0.05) is 18.6 Å². The van der Waals surface area contributed by atoms with Crippen LogP contribution in [0.3, 0.4) is 0 Å². The molecule has 0 aromatic heterocycles. The van der Waals surface area contributed by atoms with Crippen LogP contribution in [0.2, 0.25) is 0 Å². The molecule has 0 amide bonds. The van der Waals surface area contributed by atoms with E-state index in [1.807, 2.05) is 12.1 Å². The highest BCUT2D eigenvalue weighted by Gasteiger charge is 2.40. The number of anilines is 1. The normalized spacial score (nSPS) is 29.8. The second kappa shape index (κ2) is 5.72. The fourth-order valence-corrected chi connectivity index (χ4v) is 4.19. The molecule has 2 nitrogen and oxygen atoms in total. The van der Waals surface area contributed by atoms with Gasteiger partial charge in [0, 0.05) is 19.6 Å². The molecule has 1 saturated carbocycles. The lowest BCUT2D eigenvalue weighted by Gasteiger charge is -2.34. The molecular weight excluding hydrogens is 251 g/mol. The van der Waals surface area contributed by atoms with Gasteiger partial charge in [0.05, 0.1) is 5.69 Å². The number of rotatable bonds is 3. The molecule has 2 aliphatic rings. The Morgan fingerprint density at radius 2 is 2.00 bits per heavy atom. The molecule has 1 heterocycles. The van der Waals surface area contributed by atoms with Crippen LogP contribution in [-0.4, -0.2) is 38.6 Å². The van der Waals surface area contributed by atoms with E-state index in [4.69, 9.17) is 0 Å². The lowest BCUT2D eigenvalue weighted by molar-refractivity contribution is 0.160. The highest BCUT2D eigenvalue weighted by Crippen LogP contribution is 2.42. The monoisotopic (exact) mass is 276 g/mol. The fraction of sp³-hybridized carbons (Fsp3) is 0.647. The van der Waals surface area contributed by atoms with Crippen molar-refractivity contribution in [1.29, 1.82) is 0 Å². The van der Waals surface area contributed by atoms with Crippen molar-refractivity contribution >= 4 is 5.69 Å². The highest BCUT2D eigenvalue weighted by atomic mass is 19.1. The molecule has 0 spiro atoms. The summed E-state index contributed by atoms with van der Waals surface area (Å²) in [6, 6.07) is 7.22. The van der Waals surface area contributed by atoms with E-state index in [9.17, 15) is 4.39 Å². The maximum Gasteiger partial charge on any atom is 0.146 e. The predicted octanol–water partition coefficient (Wildman–Crippen LogP) is 3.24. The molecule has 0 bridgehead atoms. The maximum atomic E-state index is 14.0. The van der Waals surface area contributed by atoms with Gasteiger partial charge in [-0.25, -0.2) is 4.39 Å². The number of halogens is 1. The van der Waals surface area contributed by atoms with Crippen molar-refractivity contribution in [3.63, 3.8) is 0 Å². The van der Waals surface area contributed by atoms with Crippen LogP contribution in [0.1, 0.15) is 19.3 Å². The van der Waals surface area contributed by atoms with Crippen LogP contribution in [0, 0.1) is 23.6 Å². The van der Waals surface area contributed by atoms with Crippen molar-refractivity contribution < 1.29 is 4.39 Å². The van der Waals surface area contributed by atoms with Crippen LogP contribution in [0.5, 0.6) is 0 Å². The Bertz CT molecular complexity index is 460. The molecule has 1 aromatic rings. The second-order valence-corrected chi connectivity index (χ2v) is 6.73. The van der Waals surface area contributed by atoms with Crippen LogP contribution >= 0.6 is 0 Å². The molecule has 1 saturated heterocycles. The van der Waals surface area contributed by atoms with Crippen LogP contribution in [-0.2, 0) is 0 Å². The summed E-state index contributed by atoms with van der Waals surface area (Å²) >= 11 is 0. The van der Waals surface area contributed by atoms with E-state index in [1.165, 1.54) is 25.8 Å². The Labute approximate surface area is 121 Å². The van der Waals surface area contributed by atoms with Crippen LogP contribution < -0.4 is 4.90 Å². The molecule has 1 aliphatic carbocycles. The SMILES string of the molecule is CN(C)C[C@@H]1CCC[C@@H]2CN(c3ccccc3F)C[C@@H]21. The van der Waals surface area contributed by atoms with Crippen LogP contribution in [0.15, 0.2) is 24.3 Å². The third-order valence-corrected chi connectivity index (χ3v) is 5.04. The molecular formula is C17H25FN2. The van der Waals surface area contributed by atoms with Crippen molar-refractivity contribution in [2.75, 3.05) is 38.6 Å². The van der Waals surface area contributed by atoms with Gasteiger partial charge in [-0.05, 0) is 56.8 Å². The van der Waals surface area contributed by atoms with Gasteiger partial charge in [0.1, 0.15) is 5.82 Å². The van der Waals surface area contributed by atoms with E-state index < -0.39 is 0 Å². The molecule has 1 aliphatic heterocycles. The topological polar surface area (TPSA) is 6.48 Å². The van der Waals surface area contributed by atoms with Crippen molar-refractivity contribution in [2.24, 2.45) is 17.8 Å². The maximum absolute atomic E-state index is 14.0. The van der Waals surface area contributed by atoms with E-state index in [0.29, 0.717) is 0 Å². The average Bonchev–Trinajstić information content (AvgIpc) is 2.83. The zero-order chi connectivity index (χ0) is 14.1. The van der Waals surface area contributed by atoms with Gasteiger partial charge >= 0.3 is 0 Å². The van der Waals surface area contributed by atoms with Gasteiger partial charge in [0.15, 0.2) is 0 Å². The van der Waals surface area contributed by atoms with Gasteiger partial charge in [-0.3, -0.25) is 0 Å². The minimum absolute atomic E-state index is 0.0738. The molecule has 20 heavy (non-hydrogen) atoms. The van der Waals surface area contributed by atoms with Crippen molar-refractivity contribution in [2.45, 2.75) is 19.3 Å². The lowest BCUT2D eigenvalue weighted by Crippen LogP contribution is -2.34. The van der Waals surface area contributed by atoms with Gasteiger partial charge < -0.3 is 9.80 Å². The predicted molar refractivity (Wildman–Crippen MR) is 81.5 cm³/mol. The summed E-state index contributed by atoms with van der Waals surface area (Å²) in [6.45, 7) is 3.24. The molecule has 0 N–H and O–H groups in total. The first-order chi connectivity index (χ1) is 9.65. The van der Waals surface area contributed by atoms with Crippen LogP contribution in [0.4, 0.5) is 10.1 Å². The quantitative estimate of drug-likeness (QED) is 0.836. The standard InChI is InChI=1S/C17H25FN2/c1-19(2)10-13-6-5-7-14-11-20(12-15(13)14)17-9-4-3-8-16(17)18/h3-4,8-9,13-15H,5-7,10-12H2,1-2H3/t13-,14+,15+/m0/s1. The Morgan fingerprint density at radius 3 is 2.75 bits per heavy atom. The first-order valence-corrected chi connectivity index (χ1v) is 7.79. The number of hydrogen-bond donors (Lipinski definition) is 0. The summed E-state index contributed by atoms with van der Waals surface area (Å²) in [5.74, 6) is 2.20. The van der Waals surface area contributed by atoms with Crippen molar-refractivity contribution in [3.8, 4) is 0 Å². The third kappa shape index (κ3) is 2.69. The number of nitrogens with zero attached hydrogens (tertiary/aromatic N) is 2. The molecule has 0 radical (unpaired) electrons. The highest BCUT2D eigenvalue weighted by molar-refractivity contribution is 5.48. The van der Waals surface area contributed by atoms with E-state index in [1.54, 1.807) is 12.1 Å². The summed E-state index contributed by atoms with van der Waals surface area (Å²) in [5.41, 5.74) is 0.797. The first kappa shape index (κ1) is 13.9. The molecule has 3 heteroatoms. The Kier molecular flexibility index (Phi) is 3.97. The Balaban J connectivity index is 1.75. The zero-order valence-electron chi connectivity index (χ0n) is 12.6. The summed E-state index contributed by atoms with van der Waals surface area (Å²) < 4.78 is 14.0.